The van der Waals surface area contributed by atoms with Crippen LogP contribution < -0.4 is 10.2 Å². The minimum atomic E-state index is -0.459. The van der Waals surface area contributed by atoms with Crippen molar-refractivity contribution < 1.29 is 9.84 Å². The van der Waals surface area contributed by atoms with Crippen molar-refractivity contribution >= 4 is 23.4 Å². The van der Waals surface area contributed by atoms with E-state index in [2.05, 4.69) is 20.2 Å². The van der Waals surface area contributed by atoms with Crippen LogP contribution in [0.25, 0.3) is 0 Å². The second-order valence-corrected chi connectivity index (χ2v) is 4.59. The maximum atomic E-state index is 9.22. The molecule has 2 N–H and O–H groups in total. The molecule has 1 saturated heterocycles. The molecule has 1 fully saturated rings. The number of morpholine rings is 1. The molecule has 18 heavy (non-hydrogen) atoms. The Kier molecular flexibility index (Phi) is 4.57. The van der Waals surface area contributed by atoms with Gasteiger partial charge in [-0.25, -0.2) is 4.98 Å². The summed E-state index contributed by atoms with van der Waals surface area (Å²) >= 11 is 5.97. The van der Waals surface area contributed by atoms with E-state index in [1.807, 2.05) is 0 Å². The van der Waals surface area contributed by atoms with E-state index in [0.29, 0.717) is 30.9 Å². The first-order valence-corrected chi connectivity index (χ1v) is 6.32. The number of halogens is 1. The van der Waals surface area contributed by atoms with Crippen LogP contribution in [-0.2, 0) is 4.74 Å². The summed E-state index contributed by atoms with van der Waals surface area (Å²) in [7, 11) is 0. The van der Waals surface area contributed by atoms with Crippen LogP contribution in [0.2, 0.25) is 5.15 Å². The predicted molar refractivity (Wildman–Crippen MR) is 70.2 cm³/mol. The predicted octanol–water partition coefficient (Wildman–Crippen LogP) is 0.759. The Hall–Kier alpha value is -1.11. The van der Waals surface area contributed by atoms with E-state index in [0.717, 1.165) is 18.9 Å². The van der Waals surface area contributed by atoms with Gasteiger partial charge in [-0.1, -0.05) is 11.6 Å². The van der Waals surface area contributed by atoms with Gasteiger partial charge in [-0.15, -0.1) is 0 Å². The first kappa shape index (κ1) is 13.3. The second-order valence-electron chi connectivity index (χ2n) is 4.20. The molecule has 0 unspecified atom stereocenters. The highest BCUT2D eigenvalue weighted by Gasteiger charge is 2.14. The minimum absolute atomic E-state index is 0.389. The van der Waals surface area contributed by atoms with Crippen molar-refractivity contribution in [2.75, 3.05) is 43.1 Å². The minimum Gasteiger partial charge on any atom is -0.392 e. The number of aromatic nitrogens is 2. The molecule has 100 valence electrons. The van der Waals surface area contributed by atoms with Gasteiger partial charge in [0.25, 0.3) is 0 Å². The number of rotatable bonds is 4. The molecule has 1 aromatic rings. The Labute approximate surface area is 111 Å². The van der Waals surface area contributed by atoms with Gasteiger partial charge >= 0.3 is 0 Å². The van der Waals surface area contributed by atoms with Crippen LogP contribution >= 0.6 is 11.6 Å². The molecule has 2 heterocycles. The summed E-state index contributed by atoms with van der Waals surface area (Å²) in [6, 6.07) is 1.74. The average Bonchev–Trinajstić information content (AvgIpc) is 2.37. The van der Waals surface area contributed by atoms with Crippen molar-refractivity contribution in [1.82, 2.24) is 9.97 Å². The first-order valence-electron chi connectivity index (χ1n) is 5.94. The molecule has 0 aromatic carbocycles. The van der Waals surface area contributed by atoms with Gasteiger partial charge in [0.1, 0.15) is 11.0 Å². The number of anilines is 2. The topological polar surface area (TPSA) is 70.5 Å². The Morgan fingerprint density at radius 1 is 1.50 bits per heavy atom. The van der Waals surface area contributed by atoms with Crippen LogP contribution in [0.15, 0.2) is 6.07 Å². The van der Waals surface area contributed by atoms with Gasteiger partial charge in [0.2, 0.25) is 5.95 Å². The number of nitrogens with zero attached hydrogens (tertiary/aromatic N) is 3. The zero-order chi connectivity index (χ0) is 13.0. The standard InChI is InChI=1S/C11H17ClN4O2/c1-8(17)7-13-11-14-9(12)6-10(15-11)16-2-4-18-5-3-16/h6,8,17H,2-5,7H2,1H3,(H,13,14,15)/t8-/m1/s1. The quantitative estimate of drug-likeness (QED) is 0.789. The van der Waals surface area contributed by atoms with Gasteiger partial charge < -0.3 is 20.1 Å². The summed E-state index contributed by atoms with van der Waals surface area (Å²) in [5, 5.41) is 12.6. The lowest BCUT2D eigenvalue weighted by atomic mass is 10.4. The monoisotopic (exact) mass is 272 g/mol. The average molecular weight is 273 g/mol. The SMILES string of the molecule is C[C@@H](O)CNc1nc(Cl)cc(N2CCOCC2)n1. The molecule has 1 atom stereocenters. The molecular formula is C11H17ClN4O2. The summed E-state index contributed by atoms with van der Waals surface area (Å²) in [5.41, 5.74) is 0. The van der Waals surface area contributed by atoms with Crippen LogP contribution in [0.5, 0.6) is 0 Å². The van der Waals surface area contributed by atoms with Crippen LogP contribution in [0.1, 0.15) is 6.92 Å². The van der Waals surface area contributed by atoms with E-state index in [9.17, 15) is 5.11 Å². The molecule has 0 spiro atoms. The van der Waals surface area contributed by atoms with E-state index in [-0.39, 0.29) is 0 Å². The number of hydrogen-bond donors (Lipinski definition) is 2. The van der Waals surface area contributed by atoms with Crippen molar-refractivity contribution in [3.05, 3.63) is 11.2 Å². The van der Waals surface area contributed by atoms with E-state index >= 15 is 0 Å². The van der Waals surface area contributed by atoms with Crippen molar-refractivity contribution in [2.24, 2.45) is 0 Å². The van der Waals surface area contributed by atoms with Gasteiger partial charge in [-0.05, 0) is 6.92 Å². The molecule has 1 aliphatic rings. The molecular weight excluding hydrogens is 256 g/mol. The molecule has 0 saturated carbocycles. The molecule has 0 aliphatic carbocycles. The van der Waals surface area contributed by atoms with Gasteiger partial charge in [-0.3, -0.25) is 0 Å². The number of ether oxygens (including phenoxy) is 1. The summed E-state index contributed by atoms with van der Waals surface area (Å²) in [6.07, 6.45) is -0.459. The third-order valence-corrected chi connectivity index (χ3v) is 2.77. The normalized spacial score (nSPS) is 17.6. The maximum Gasteiger partial charge on any atom is 0.226 e. The lowest BCUT2D eigenvalue weighted by Gasteiger charge is -2.28. The van der Waals surface area contributed by atoms with Crippen molar-refractivity contribution in [3.8, 4) is 0 Å². The highest BCUT2D eigenvalue weighted by atomic mass is 35.5. The van der Waals surface area contributed by atoms with Crippen LogP contribution in [-0.4, -0.2) is 54.0 Å². The zero-order valence-corrected chi connectivity index (χ0v) is 11.0. The third kappa shape index (κ3) is 3.69. The Morgan fingerprint density at radius 2 is 2.22 bits per heavy atom. The van der Waals surface area contributed by atoms with Crippen LogP contribution in [0, 0.1) is 0 Å². The van der Waals surface area contributed by atoms with E-state index in [4.69, 9.17) is 16.3 Å². The van der Waals surface area contributed by atoms with Crippen molar-refractivity contribution in [3.63, 3.8) is 0 Å². The number of hydrogen-bond acceptors (Lipinski definition) is 6. The van der Waals surface area contributed by atoms with Gasteiger partial charge in [0.05, 0.1) is 19.3 Å². The summed E-state index contributed by atoms with van der Waals surface area (Å²) in [5.74, 6) is 1.22. The Bertz CT molecular complexity index is 397. The zero-order valence-electron chi connectivity index (χ0n) is 10.3. The molecule has 6 nitrogen and oxygen atoms in total. The van der Waals surface area contributed by atoms with Crippen molar-refractivity contribution in [2.45, 2.75) is 13.0 Å². The number of nitrogens with one attached hydrogen (secondary N) is 1. The fourth-order valence-corrected chi connectivity index (χ4v) is 1.86. The number of aliphatic hydroxyl groups excluding tert-OH is 1. The van der Waals surface area contributed by atoms with E-state index < -0.39 is 6.10 Å². The Balaban J connectivity index is 2.09. The Morgan fingerprint density at radius 3 is 2.89 bits per heavy atom. The summed E-state index contributed by atoms with van der Waals surface area (Å²) in [6.45, 7) is 5.06. The lowest BCUT2D eigenvalue weighted by Crippen LogP contribution is -2.37. The number of aliphatic hydroxyl groups is 1. The maximum absolute atomic E-state index is 9.22. The molecule has 0 bridgehead atoms. The van der Waals surface area contributed by atoms with Gasteiger partial charge in [0.15, 0.2) is 0 Å². The molecule has 1 aromatic heterocycles. The van der Waals surface area contributed by atoms with Gasteiger partial charge in [-0.2, -0.15) is 4.98 Å². The van der Waals surface area contributed by atoms with Gasteiger partial charge in [0, 0.05) is 25.7 Å². The lowest BCUT2D eigenvalue weighted by molar-refractivity contribution is 0.122. The molecule has 0 radical (unpaired) electrons. The molecule has 2 rings (SSSR count). The second kappa shape index (κ2) is 6.17. The third-order valence-electron chi connectivity index (χ3n) is 2.57. The van der Waals surface area contributed by atoms with Crippen molar-refractivity contribution in [1.29, 1.82) is 0 Å². The molecule has 0 amide bonds. The molecule has 7 heteroatoms. The highest BCUT2D eigenvalue weighted by Crippen LogP contribution is 2.19. The fraction of sp³-hybridized carbons (Fsp3) is 0.636. The summed E-state index contributed by atoms with van der Waals surface area (Å²) in [4.78, 5) is 10.6. The van der Waals surface area contributed by atoms with E-state index in [1.165, 1.54) is 0 Å². The van der Waals surface area contributed by atoms with Crippen LogP contribution in [0.4, 0.5) is 11.8 Å². The highest BCUT2D eigenvalue weighted by molar-refractivity contribution is 6.29. The largest absolute Gasteiger partial charge is 0.392 e. The first-order chi connectivity index (χ1) is 8.65. The fourth-order valence-electron chi connectivity index (χ4n) is 1.68. The van der Waals surface area contributed by atoms with E-state index in [1.54, 1.807) is 13.0 Å². The summed E-state index contributed by atoms with van der Waals surface area (Å²) < 4.78 is 5.29. The molecule has 1 aliphatic heterocycles. The van der Waals surface area contributed by atoms with Crippen LogP contribution in [0.3, 0.4) is 0 Å². The smallest absolute Gasteiger partial charge is 0.226 e.